The van der Waals surface area contributed by atoms with Crippen molar-refractivity contribution in [1.29, 1.82) is 0 Å². The number of carbonyl (C=O) groups is 3. The summed E-state index contributed by atoms with van der Waals surface area (Å²) in [4.78, 5) is 37.5. The summed E-state index contributed by atoms with van der Waals surface area (Å²) in [7, 11) is 0. The molecule has 0 bridgehead atoms. The Bertz CT molecular complexity index is 2150. The van der Waals surface area contributed by atoms with E-state index < -0.39 is 18.2 Å². The lowest BCUT2D eigenvalue weighted by atomic mass is 9.92. The number of amides is 2. The molecule has 0 saturated carbocycles. The first-order valence-corrected chi connectivity index (χ1v) is 14.8. The van der Waals surface area contributed by atoms with Gasteiger partial charge >= 0.3 is 18.2 Å². The Hall–Kier alpha value is -6.15. The van der Waals surface area contributed by atoms with Gasteiger partial charge in [-0.25, -0.2) is 14.4 Å². The number of carboxylic acid groups (broad SMARTS) is 1. The number of carboxylic acids is 1. The summed E-state index contributed by atoms with van der Waals surface area (Å²) < 4.78 is 11.9. The predicted molar refractivity (Wildman–Crippen MR) is 181 cm³/mol. The maximum Gasteiger partial charge on any atom is 0.417 e. The summed E-state index contributed by atoms with van der Waals surface area (Å²) >= 11 is 0. The van der Waals surface area contributed by atoms with Crippen molar-refractivity contribution in [1.82, 2.24) is 5.32 Å². The first kappa shape index (κ1) is 29.9. The zero-order valence-corrected chi connectivity index (χ0v) is 24.9. The molecule has 6 rings (SSSR count). The summed E-state index contributed by atoms with van der Waals surface area (Å²) in [5.41, 5.74) is 1.98. The van der Waals surface area contributed by atoms with Crippen LogP contribution in [0.5, 0.6) is 11.5 Å². The molecule has 8 nitrogen and oxygen atoms in total. The van der Waals surface area contributed by atoms with Crippen LogP contribution >= 0.6 is 0 Å². The fourth-order valence-corrected chi connectivity index (χ4v) is 5.44. The van der Waals surface area contributed by atoms with Gasteiger partial charge in [0.15, 0.2) is 0 Å². The minimum atomic E-state index is -1.01. The number of ether oxygens (including phenoxy) is 2. The van der Waals surface area contributed by atoms with Gasteiger partial charge in [0.25, 0.3) is 0 Å². The normalized spacial score (nSPS) is 11.4. The van der Waals surface area contributed by atoms with E-state index in [9.17, 15) is 14.4 Å². The van der Waals surface area contributed by atoms with Crippen molar-refractivity contribution in [3.8, 4) is 22.6 Å². The summed E-state index contributed by atoms with van der Waals surface area (Å²) in [6.07, 6.45) is 0.491. The molecule has 6 aromatic carbocycles. The van der Waals surface area contributed by atoms with Gasteiger partial charge in [0.2, 0.25) is 0 Å². The average Bonchev–Trinajstić information content (AvgIpc) is 3.07. The largest absolute Gasteiger partial charge is 0.478 e. The zero-order chi connectivity index (χ0) is 32.0. The molecule has 0 unspecified atom stereocenters. The van der Waals surface area contributed by atoms with Gasteiger partial charge in [-0.3, -0.25) is 5.32 Å². The van der Waals surface area contributed by atoms with Crippen molar-refractivity contribution < 1.29 is 29.0 Å². The lowest BCUT2D eigenvalue weighted by Gasteiger charge is -2.19. The molecule has 46 heavy (non-hydrogen) atoms. The van der Waals surface area contributed by atoms with E-state index in [1.54, 1.807) is 12.1 Å². The van der Waals surface area contributed by atoms with Gasteiger partial charge in [0.05, 0.1) is 5.69 Å². The van der Waals surface area contributed by atoms with Crippen LogP contribution in [0.15, 0.2) is 127 Å². The number of anilines is 1. The Morgan fingerprint density at radius 2 is 1.13 bits per heavy atom. The van der Waals surface area contributed by atoms with Crippen LogP contribution in [0.4, 0.5) is 15.3 Å². The third-order valence-corrected chi connectivity index (χ3v) is 7.66. The van der Waals surface area contributed by atoms with Crippen LogP contribution in [0, 0.1) is 0 Å². The van der Waals surface area contributed by atoms with Gasteiger partial charge in [-0.1, -0.05) is 103 Å². The molecule has 228 valence electrons. The number of benzene rings is 6. The van der Waals surface area contributed by atoms with Crippen molar-refractivity contribution >= 4 is 56.2 Å². The molecule has 0 fully saturated rings. The quantitative estimate of drug-likeness (QED) is 0.117. The maximum atomic E-state index is 13.4. The van der Waals surface area contributed by atoms with Gasteiger partial charge < -0.3 is 19.9 Å². The Balaban J connectivity index is 1.39. The van der Waals surface area contributed by atoms with Gasteiger partial charge in [-0.15, -0.1) is 0 Å². The van der Waals surface area contributed by atoms with Gasteiger partial charge in [-0.2, -0.15) is 0 Å². The lowest BCUT2D eigenvalue weighted by Crippen LogP contribution is -2.27. The van der Waals surface area contributed by atoms with Crippen molar-refractivity contribution in [2.24, 2.45) is 0 Å². The topological polar surface area (TPSA) is 114 Å². The van der Waals surface area contributed by atoms with E-state index in [1.165, 1.54) is 13.0 Å². The zero-order valence-electron chi connectivity index (χ0n) is 24.9. The number of carbonyl (C=O) groups excluding carboxylic acids is 2. The Labute approximate surface area is 264 Å². The highest BCUT2D eigenvalue weighted by Crippen LogP contribution is 2.45. The highest BCUT2D eigenvalue weighted by Gasteiger charge is 2.22. The minimum absolute atomic E-state index is 0.184. The molecule has 0 aromatic heterocycles. The third-order valence-electron chi connectivity index (χ3n) is 7.66. The second-order valence-corrected chi connectivity index (χ2v) is 10.7. The molecule has 0 atom stereocenters. The molecular weight excluding hydrogens is 580 g/mol. The fourth-order valence-electron chi connectivity index (χ4n) is 5.44. The van der Waals surface area contributed by atoms with E-state index in [0.29, 0.717) is 23.2 Å². The van der Waals surface area contributed by atoms with Crippen molar-refractivity contribution in [2.75, 3.05) is 11.9 Å². The van der Waals surface area contributed by atoms with Crippen LogP contribution < -0.4 is 20.1 Å². The van der Waals surface area contributed by atoms with Crippen molar-refractivity contribution in [2.45, 2.75) is 13.3 Å². The lowest BCUT2D eigenvalue weighted by molar-refractivity contribution is -0.132. The van der Waals surface area contributed by atoms with Gasteiger partial charge in [0.1, 0.15) is 11.5 Å². The summed E-state index contributed by atoms with van der Waals surface area (Å²) in [6, 6.07) is 36.0. The molecule has 6 aromatic rings. The molecule has 0 aliphatic carbocycles. The van der Waals surface area contributed by atoms with Crippen LogP contribution in [0.3, 0.4) is 0 Å². The Morgan fingerprint density at radius 3 is 1.72 bits per heavy atom. The molecule has 0 heterocycles. The van der Waals surface area contributed by atoms with E-state index >= 15 is 0 Å². The van der Waals surface area contributed by atoms with Crippen molar-refractivity contribution in [3.63, 3.8) is 0 Å². The Morgan fingerprint density at radius 1 is 0.630 bits per heavy atom. The second-order valence-electron chi connectivity index (χ2n) is 10.7. The molecule has 0 saturated heterocycles. The number of fused-ring (bicyclic) bond motifs is 3. The van der Waals surface area contributed by atoms with E-state index in [0.717, 1.165) is 32.3 Å². The minimum Gasteiger partial charge on any atom is -0.478 e. The molecule has 0 radical (unpaired) electrons. The number of hydrogen-bond acceptors (Lipinski definition) is 5. The van der Waals surface area contributed by atoms with Crippen LogP contribution in [-0.2, 0) is 4.79 Å². The number of rotatable bonds is 8. The number of hydrogen-bond donors (Lipinski definition) is 3. The molecular formula is C38H30N2O6. The van der Waals surface area contributed by atoms with E-state index in [-0.39, 0.29) is 23.6 Å². The summed E-state index contributed by atoms with van der Waals surface area (Å²) in [5, 5.41) is 19.9. The van der Waals surface area contributed by atoms with Crippen molar-refractivity contribution in [3.05, 3.63) is 127 Å². The highest BCUT2D eigenvalue weighted by atomic mass is 16.6. The van der Waals surface area contributed by atoms with E-state index in [1.807, 2.05) is 103 Å². The first-order valence-electron chi connectivity index (χ1n) is 14.8. The molecule has 0 aliphatic heterocycles. The molecule has 8 heteroatoms. The van der Waals surface area contributed by atoms with E-state index in [2.05, 4.69) is 10.6 Å². The van der Waals surface area contributed by atoms with Crippen LogP contribution in [-0.4, -0.2) is 29.8 Å². The monoisotopic (exact) mass is 610 g/mol. The molecule has 3 N–H and O–H groups in total. The number of nitrogens with one attached hydrogen (secondary N) is 2. The molecule has 2 amide bonds. The van der Waals surface area contributed by atoms with Crippen LogP contribution in [0.1, 0.15) is 13.3 Å². The smallest absolute Gasteiger partial charge is 0.417 e. The summed E-state index contributed by atoms with van der Waals surface area (Å²) in [6.45, 7) is 1.68. The fraction of sp³-hybridized carbons (Fsp3) is 0.0789. The Kier molecular flexibility index (Phi) is 8.60. The average molecular weight is 611 g/mol. The van der Waals surface area contributed by atoms with Gasteiger partial charge in [-0.05, 0) is 58.5 Å². The predicted octanol–water partition coefficient (Wildman–Crippen LogP) is 8.93. The molecule has 0 aliphatic rings. The highest BCUT2D eigenvalue weighted by molar-refractivity contribution is 6.11. The standard InChI is InChI=1S/C38H30N2O6/c1-24(36(41)42)10-9-23-39-37(43)45-32-21-19-26-12-3-6-16-29(26)34(32)35-30-17-7-4-13-27(30)20-22-33(35)46-38(44)40-31-18-8-14-25-11-2-5-15-28(25)31/h2-8,10-22H,9,23H2,1H3,(H,39,43)(H,40,44)(H,41,42)/b24-10+. The second kappa shape index (κ2) is 13.2. The maximum absolute atomic E-state index is 13.4. The first-order chi connectivity index (χ1) is 22.4. The third kappa shape index (κ3) is 6.37. The van der Waals surface area contributed by atoms with Crippen LogP contribution in [0.2, 0.25) is 0 Å². The van der Waals surface area contributed by atoms with E-state index in [4.69, 9.17) is 14.6 Å². The van der Waals surface area contributed by atoms with Crippen LogP contribution in [0.25, 0.3) is 43.4 Å². The summed E-state index contributed by atoms with van der Waals surface area (Å²) in [5.74, 6) is -0.459. The van der Waals surface area contributed by atoms with Gasteiger partial charge in [0, 0.05) is 28.6 Å². The molecule has 0 spiro atoms. The SMILES string of the molecule is C/C(=C\CCNC(=O)Oc1ccc2ccccc2c1-c1c(OC(=O)Nc2cccc3ccccc23)ccc2ccccc12)C(=O)O. The number of aliphatic carboxylic acids is 1.